The minimum absolute atomic E-state index is 0.417. The van der Waals surface area contributed by atoms with Crippen LogP contribution >= 0.6 is 12.2 Å². The highest BCUT2D eigenvalue weighted by Gasteiger charge is 2.20. The largest absolute Gasteiger partial charge is 0.389 e. The van der Waals surface area contributed by atoms with Crippen molar-refractivity contribution in [1.82, 2.24) is 9.78 Å². The van der Waals surface area contributed by atoms with Crippen molar-refractivity contribution in [3.05, 3.63) is 11.3 Å². The maximum absolute atomic E-state index is 5.73. The molecule has 0 bridgehead atoms. The lowest BCUT2D eigenvalue weighted by Crippen LogP contribution is -2.15. The number of aromatic nitrogens is 2. The van der Waals surface area contributed by atoms with Crippen molar-refractivity contribution in [2.45, 2.75) is 32.6 Å². The van der Waals surface area contributed by atoms with Crippen LogP contribution in [0.25, 0.3) is 0 Å². The minimum Gasteiger partial charge on any atom is -0.389 e. The van der Waals surface area contributed by atoms with Crippen LogP contribution in [0.1, 0.15) is 36.9 Å². The first-order valence-electron chi connectivity index (χ1n) is 6.17. The molecule has 3 N–H and O–H groups in total. The van der Waals surface area contributed by atoms with Gasteiger partial charge in [0.05, 0.1) is 11.3 Å². The second-order valence-electron chi connectivity index (χ2n) is 4.81. The number of nitrogens with two attached hydrogens (primary N) is 1. The summed E-state index contributed by atoms with van der Waals surface area (Å²) in [7, 11) is 1.91. The molecule has 1 aromatic heterocycles. The van der Waals surface area contributed by atoms with Crippen LogP contribution in [-0.4, -0.2) is 21.3 Å². The maximum Gasteiger partial charge on any atom is 0.134 e. The smallest absolute Gasteiger partial charge is 0.134 e. The summed E-state index contributed by atoms with van der Waals surface area (Å²) in [5.41, 5.74) is 7.51. The lowest BCUT2D eigenvalue weighted by atomic mass is 10.2. The molecule has 5 heteroatoms. The summed E-state index contributed by atoms with van der Waals surface area (Å²) in [5.74, 6) is 1.94. The van der Waals surface area contributed by atoms with Crippen molar-refractivity contribution in [2.24, 2.45) is 18.7 Å². The fourth-order valence-electron chi connectivity index (χ4n) is 2.16. The lowest BCUT2D eigenvalue weighted by Gasteiger charge is -2.08. The molecule has 1 aliphatic rings. The number of nitrogens with zero attached hydrogens (tertiary/aromatic N) is 2. The van der Waals surface area contributed by atoms with Crippen LogP contribution in [0.4, 0.5) is 5.82 Å². The van der Waals surface area contributed by atoms with E-state index >= 15 is 0 Å². The second-order valence-corrected chi connectivity index (χ2v) is 5.25. The number of hydrogen-bond acceptors (Lipinski definition) is 3. The molecule has 4 nitrogen and oxygen atoms in total. The monoisotopic (exact) mass is 252 g/mol. The van der Waals surface area contributed by atoms with Crippen molar-refractivity contribution in [1.29, 1.82) is 0 Å². The fraction of sp³-hybridized carbons (Fsp3) is 0.667. The van der Waals surface area contributed by atoms with Gasteiger partial charge in [-0.3, -0.25) is 4.68 Å². The van der Waals surface area contributed by atoms with Gasteiger partial charge in [0.2, 0.25) is 0 Å². The van der Waals surface area contributed by atoms with Gasteiger partial charge in [0.15, 0.2) is 0 Å². The van der Waals surface area contributed by atoms with E-state index in [4.69, 9.17) is 18.0 Å². The van der Waals surface area contributed by atoms with Crippen molar-refractivity contribution < 1.29 is 0 Å². The molecule has 0 aliphatic heterocycles. The van der Waals surface area contributed by atoms with Gasteiger partial charge < -0.3 is 11.1 Å². The number of anilines is 1. The molecule has 17 heavy (non-hydrogen) atoms. The van der Waals surface area contributed by atoms with E-state index in [1.54, 1.807) is 0 Å². The summed E-state index contributed by atoms with van der Waals surface area (Å²) < 4.78 is 1.82. The van der Waals surface area contributed by atoms with Gasteiger partial charge in [-0.15, -0.1) is 0 Å². The SMILES string of the molecule is Cc1nn(C)c(NCCCC2CC2)c1C(N)=S. The predicted molar refractivity (Wildman–Crippen MR) is 74.3 cm³/mol. The average molecular weight is 252 g/mol. The maximum atomic E-state index is 5.73. The first-order chi connectivity index (χ1) is 8.09. The van der Waals surface area contributed by atoms with Gasteiger partial charge in [0.1, 0.15) is 10.8 Å². The van der Waals surface area contributed by atoms with Crippen LogP contribution in [0.3, 0.4) is 0 Å². The van der Waals surface area contributed by atoms with E-state index in [1.807, 2.05) is 18.7 Å². The molecule has 1 aliphatic carbocycles. The van der Waals surface area contributed by atoms with Gasteiger partial charge in [-0.1, -0.05) is 25.1 Å². The van der Waals surface area contributed by atoms with E-state index in [0.29, 0.717) is 4.99 Å². The molecule has 0 amide bonds. The zero-order chi connectivity index (χ0) is 12.4. The van der Waals surface area contributed by atoms with Gasteiger partial charge in [0.25, 0.3) is 0 Å². The van der Waals surface area contributed by atoms with Gasteiger partial charge >= 0.3 is 0 Å². The number of nitrogens with one attached hydrogen (secondary N) is 1. The number of aryl methyl sites for hydroxylation is 2. The zero-order valence-electron chi connectivity index (χ0n) is 10.5. The molecule has 0 unspecified atom stereocenters. The Morgan fingerprint density at radius 3 is 2.88 bits per heavy atom. The van der Waals surface area contributed by atoms with Crippen LogP contribution in [-0.2, 0) is 7.05 Å². The van der Waals surface area contributed by atoms with Gasteiger partial charge in [0, 0.05) is 13.6 Å². The highest BCUT2D eigenvalue weighted by molar-refractivity contribution is 7.80. The first-order valence-corrected chi connectivity index (χ1v) is 6.57. The van der Waals surface area contributed by atoms with Crippen LogP contribution in [0, 0.1) is 12.8 Å². The Balaban J connectivity index is 1.95. The quantitative estimate of drug-likeness (QED) is 0.600. The van der Waals surface area contributed by atoms with Crippen LogP contribution in [0.2, 0.25) is 0 Å². The summed E-state index contributed by atoms with van der Waals surface area (Å²) in [4.78, 5) is 0.417. The fourth-order valence-corrected chi connectivity index (χ4v) is 2.40. The van der Waals surface area contributed by atoms with Crippen LogP contribution < -0.4 is 11.1 Å². The Morgan fingerprint density at radius 1 is 1.59 bits per heavy atom. The molecule has 0 aromatic carbocycles. The standard InChI is InChI=1S/C12H20N4S/c1-8-10(11(13)17)12(16(2)15-8)14-7-3-4-9-5-6-9/h9,14H,3-7H2,1-2H3,(H2,13,17). The topological polar surface area (TPSA) is 55.9 Å². The Hall–Kier alpha value is -1.10. The summed E-state index contributed by atoms with van der Waals surface area (Å²) in [6, 6.07) is 0. The van der Waals surface area contributed by atoms with Crippen molar-refractivity contribution in [3.8, 4) is 0 Å². The molecule has 1 aromatic rings. The van der Waals surface area contributed by atoms with Crippen LogP contribution in [0.5, 0.6) is 0 Å². The molecule has 0 saturated heterocycles. The van der Waals surface area contributed by atoms with Gasteiger partial charge in [-0.05, 0) is 25.7 Å². The average Bonchev–Trinajstić information content (AvgIpc) is 3.00. The number of rotatable bonds is 6. The third-order valence-electron chi connectivity index (χ3n) is 3.25. The third-order valence-corrected chi connectivity index (χ3v) is 3.45. The van der Waals surface area contributed by atoms with Gasteiger partial charge in [-0.25, -0.2) is 0 Å². The molecule has 0 radical (unpaired) electrons. The summed E-state index contributed by atoms with van der Waals surface area (Å²) in [6.07, 6.45) is 5.36. The highest BCUT2D eigenvalue weighted by atomic mass is 32.1. The molecule has 1 saturated carbocycles. The van der Waals surface area contributed by atoms with Crippen molar-refractivity contribution in [3.63, 3.8) is 0 Å². The normalized spacial score (nSPS) is 14.9. The van der Waals surface area contributed by atoms with E-state index in [0.717, 1.165) is 29.5 Å². The number of thiocarbonyl (C=S) groups is 1. The zero-order valence-corrected chi connectivity index (χ0v) is 11.3. The first kappa shape index (κ1) is 12.4. The molecule has 1 fully saturated rings. The lowest BCUT2D eigenvalue weighted by molar-refractivity contribution is 0.680. The van der Waals surface area contributed by atoms with Crippen molar-refractivity contribution in [2.75, 3.05) is 11.9 Å². The molecule has 1 heterocycles. The Bertz CT molecular complexity index is 420. The summed E-state index contributed by atoms with van der Waals surface area (Å²) in [6.45, 7) is 2.90. The van der Waals surface area contributed by atoms with Crippen LogP contribution in [0.15, 0.2) is 0 Å². The summed E-state index contributed by atoms with van der Waals surface area (Å²) in [5, 5.41) is 7.74. The van der Waals surface area contributed by atoms with E-state index in [9.17, 15) is 0 Å². The highest BCUT2D eigenvalue weighted by Crippen LogP contribution is 2.33. The molecular formula is C12H20N4S. The van der Waals surface area contributed by atoms with Crippen molar-refractivity contribution >= 4 is 23.0 Å². The minimum atomic E-state index is 0.417. The Labute approximate surface area is 108 Å². The molecule has 0 atom stereocenters. The second kappa shape index (κ2) is 5.04. The van der Waals surface area contributed by atoms with E-state index in [1.165, 1.54) is 25.7 Å². The molecule has 0 spiro atoms. The number of hydrogen-bond donors (Lipinski definition) is 2. The molecule has 2 rings (SSSR count). The molecular weight excluding hydrogens is 232 g/mol. The predicted octanol–water partition coefficient (Wildman–Crippen LogP) is 1.96. The molecule has 94 valence electrons. The van der Waals surface area contributed by atoms with Gasteiger partial charge in [-0.2, -0.15) is 5.10 Å². The van der Waals surface area contributed by atoms with E-state index < -0.39 is 0 Å². The third kappa shape index (κ3) is 2.97. The summed E-state index contributed by atoms with van der Waals surface area (Å²) >= 11 is 5.07. The van der Waals surface area contributed by atoms with E-state index in [-0.39, 0.29) is 0 Å². The van der Waals surface area contributed by atoms with E-state index in [2.05, 4.69) is 10.4 Å². The Morgan fingerprint density at radius 2 is 2.29 bits per heavy atom. The Kier molecular flexibility index (Phi) is 3.66.